The molecule has 0 aromatic heterocycles. The van der Waals surface area contributed by atoms with Crippen molar-refractivity contribution in [3.8, 4) is 0 Å². The lowest BCUT2D eigenvalue weighted by Gasteiger charge is -2.12. The van der Waals surface area contributed by atoms with E-state index in [4.69, 9.17) is 18.9 Å². The second kappa shape index (κ2) is 11.7. The van der Waals surface area contributed by atoms with Crippen LogP contribution in [0.2, 0.25) is 0 Å². The highest BCUT2D eigenvalue weighted by Crippen LogP contribution is 2.24. The van der Waals surface area contributed by atoms with Crippen LogP contribution < -0.4 is 10.6 Å². The number of ether oxygens (including phenoxy) is 4. The molecular formula is C20H36N4O6. The monoisotopic (exact) mass is 428 g/mol. The number of epoxide rings is 1. The quantitative estimate of drug-likeness (QED) is 0.499. The minimum Gasteiger partial charge on any atom is -0.412 e. The summed E-state index contributed by atoms with van der Waals surface area (Å²) in [5, 5.41) is 5.35. The molecule has 0 aliphatic carbocycles. The maximum absolute atomic E-state index is 11.6. The zero-order valence-corrected chi connectivity index (χ0v) is 18.1. The highest BCUT2D eigenvalue weighted by Gasteiger charge is 2.47. The summed E-state index contributed by atoms with van der Waals surface area (Å²) in [6, 6.07) is 0.938. The minimum absolute atomic E-state index is 0.469. The number of hydrogen-bond donors (Lipinski definition) is 2. The van der Waals surface area contributed by atoms with Crippen LogP contribution in [0.4, 0.5) is 9.59 Å². The van der Waals surface area contributed by atoms with Crippen molar-refractivity contribution in [3.63, 3.8) is 0 Å². The molecule has 0 radical (unpaired) electrons. The van der Waals surface area contributed by atoms with Gasteiger partial charge in [-0.15, -0.1) is 0 Å². The fourth-order valence-corrected chi connectivity index (χ4v) is 3.19. The van der Waals surface area contributed by atoms with Crippen molar-refractivity contribution in [1.29, 1.82) is 0 Å². The number of amides is 2. The number of nitrogens with one attached hydrogen (secondary N) is 2. The van der Waals surface area contributed by atoms with Gasteiger partial charge in [-0.05, 0) is 39.5 Å². The molecule has 172 valence electrons. The SMILES string of the molecule is C1CCOC1.CC(CCNC(=O)OC1OC1OC(=O)NCCC(C)N1CC1)N1CC1. The van der Waals surface area contributed by atoms with E-state index < -0.39 is 24.8 Å². The Balaban J connectivity index is 0.000000448. The predicted octanol–water partition coefficient (Wildman–Crippen LogP) is 1.11. The predicted molar refractivity (Wildman–Crippen MR) is 109 cm³/mol. The Hall–Kier alpha value is -1.62. The molecule has 0 spiro atoms. The molecular weight excluding hydrogens is 392 g/mol. The third-order valence-corrected chi connectivity index (χ3v) is 5.56. The molecule has 4 aliphatic rings. The molecule has 10 nitrogen and oxygen atoms in total. The first-order valence-electron chi connectivity index (χ1n) is 11.1. The molecule has 10 heteroatoms. The molecule has 4 saturated heterocycles. The maximum atomic E-state index is 11.6. The summed E-state index contributed by atoms with van der Waals surface area (Å²) in [6.07, 6.45) is 1.57. The largest absolute Gasteiger partial charge is 0.412 e. The molecule has 4 unspecified atom stereocenters. The summed E-state index contributed by atoms with van der Waals surface area (Å²) in [5.74, 6) is 0. The van der Waals surface area contributed by atoms with Gasteiger partial charge in [0.15, 0.2) is 0 Å². The number of rotatable bonds is 10. The summed E-state index contributed by atoms with van der Waals surface area (Å²) in [4.78, 5) is 27.9. The Morgan fingerprint density at radius 2 is 1.30 bits per heavy atom. The fraction of sp³-hybridized carbons (Fsp3) is 0.900. The Morgan fingerprint density at radius 3 is 1.63 bits per heavy atom. The number of carbonyl (C=O) groups excluding carboxylic acids is 2. The number of alkyl carbamates (subject to hydrolysis) is 2. The van der Waals surface area contributed by atoms with Gasteiger partial charge in [-0.25, -0.2) is 9.59 Å². The van der Waals surface area contributed by atoms with Crippen molar-refractivity contribution in [2.24, 2.45) is 0 Å². The summed E-state index contributed by atoms with van der Waals surface area (Å²) in [7, 11) is 0. The molecule has 4 rings (SSSR count). The molecule has 0 bridgehead atoms. The van der Waals surface area contributed by atoms with Crippen LogP contribution in [-0.4, -0.2) is 99.1 Å². The Kier molecular flexibility index (Phi) is 8.98. The minimum atomic E-state index is -0.813. The van der Waals surface area contributed by atoms with E-state index in [-0.39, 0.29) is 0 Å². The number of hydrogen-bond acceptors (Lipinski definition) is 8. The van der Waals surface area contributed by atoms with E-state index >= 15 is 0 Å². The molecule has 2 amide bonds. The first kappa shape index (κ1) is 23.1. The molecule has 4 atom stereocenters. The van der Waals surface area contributed by atoms with Crippen molar-refractivity contribution in [2.45, 2.75) is 64.2 Å². The molecule has 0 saturated carbocycles. The highest BCUT2D eigenvalue weighted by molar-refractivity contribution is 5.68. The van der Waals surface area contributed by atoms with Crippen LogP contribution in [0.15, 0.2) is 0 Å². The van der Waals surface area contributed by atoms with E-state index in [9.17, 15) is 9.59 Å². The molecule has 4 heterocycles. The van der Waals surface area contributed by atoms with Gasteiger partial charge in [-0.2, -0.15) is 0 Å². The molecule has 4 aliphatic heterocycles. The van der Waals surface area contributed by atoms with E-state index in [2.05, 4.69) is 34.3 Å². The highest BCUT2D eigenvalue weighted by atomic mass is 16.9. The molecule has 4 fully saturated rings. The first-order chi connectivity index (χ1) is 14.5. The van der Waals surface area contributed by atoms with Crippen LogP contribution in [0.1, 0.15) is 39.5 Å². The molecule has 2 N–H and O–H groups in total. The summed E-state index contributed by atoms with van der Waals surface area (Å²) in [6.45, 7) is 11.9. The maximum Gasteiger partial charge on any atom is 0.409 e. The first-order valence-corrected chi connectivity index (χ1v) is 11.1. The standard InChI is InChI=1S/C16H28N4O5.C4H8O/c1-11(19-7-8-19)3-5-17-15(21)24-13-14(23-13)25-16(22)18-6-4-12(2)20-9-10-20;1-2-4-5-3-1/h11-14H,3-10H2,1-2H3,(H,17,21)(H,18,22);1-4H2. The Morgan fingerprint density at radius 1 is 0.867 bits per heavy atom. The Bertz CT molecular complexity index is 504. The van der Waals surface area contributed by atoms with Crippen molar-refractivity contribution in [3.05, 3.63) is 0 Å². The summed E-state index contributed by atoms with van der Waals surface area (Å²) >= 11 is 0. The zero-order chi connectivity index (χ0) is 21.3. The zero-order valence-electron chi connectivity index (χ0n) is 18.1. The lowest BCUT2D eigenvalue weighted by molar-refractivity contribution is 0.0920. The second-order valence-corrected chi connectivity index (χ2v) is 8.20. The normalized spacial score (nSPS) is 26.6. The summed E-state index contributed by atoms with van der Waals surface area (Å²) in [5.41, 5.74) is 0. The molecule has 0 aromatic carbocycles. The third-order valence-electron chi connectivity index (χ3n) is 5.56. The van der Waals surface area contributed by atoms with Gasteiger partial charge in [0.2, 0.25) is 0 Å². The van der Waals surface area contributed by atoms with Gasteiger partial charge in [-0.3, -0.25) is 14.5 Å². The van der Waals surface area contributed by atoms with Crippen molar-refractivity contribution >= 4 is 12.2 Å². The lowest BCUT2D eigenvalue weighted by Crippen LogP contribution is -2.31. The Labute approximate surface area is 178 Å². The topological polar surface area (TPSA) is 104 Å². The van der Waals surface area contributed by atoms with Gasteiger partial charge in [0.05, 0.1) is 0 Å². The van der Waals surface area contributed by atoms with Crippen molar-refractivity contribution < 1.29 is 28.5 Å². The van der Waals surface area contributed by atoms with E-state index in [0.29, 0.717) is 25.2 Å². The van der Waals surface area contributed by atoms with Crippen LogP contribution in [0.5, 0.6) is 0 Å². The van der Waals surface area contributed by atoms with E-state index in [0.717, 1.165) is 52.2 Å². The smallest absolute Gasteiger partial charge is 0.409 e. The van der Waals surface area contributed by atoms with Crippen molar-refractivity contribution in [1.82, 2.24) is 20.4 Å². The van der Waals surface area contributed by atoms with Gasteiger partial charge in [0.1, 0.15) is 0 Å². The van der Waals surface area contributed by atoms with Gasteiger partial charge in [-0.1, -0.05) is 0 Å². The average Bonchev–Trinajstić information content (AvgIpc) is 3.62. The van der Waals surface area contributed by atoms with Crippen LogP contribution >= 0.6 is 0 Å². The van der Waals surface area contributed by atoms with E-state index in [1.54, 1.807) is 0 Å². The van der Waals surface area contributed by atoms with Gasteiger partial charge in [0, 0.05) is 64.6 Å². The average molecular weight is 429 g/mol. The molecule has 30 heavy (non-hydrogen) atoms. The number of carbonyl (C=O) groups is 2. The second-order valence-electron chi connectivity index (χ2n) is 8.20. The fourth-order valence-electron chi connectivity index (χ4n) is 3.19. The molecule has 0 aromatic rings. The number of nitrogens with zero attached hydrogens (tertiary/aromatic N) is 2. The van der Waals surface area contributed by atoms with Crippen LogP contribution in [0, 0.1) is 0 Å². The van der Waals surface area contributed by atoms with E-state index in [1.165, 1.54) is 12.8 Å². The van der Waals surface area contributed by atoms with Crippen LogP contribution in [0.25, 0.3) is 0 Å². The van der Waals surface area contributed by atoms with Crippen LogP contribution in [0.3, 0.4) is 0 Å². The van der Waals surface area contributed by atoms with E-state index in [1.807, 2.05) is 0 Å². The van der Waals surface area contributed by atoms with Gasteiger partial charge in [0.25, 0.3) is 12.6 Å². The van der Waals surface area contributed by atoms with Gasteiger partial charge < -0.3 is 24.8 Å². The van der Waals surface area contributed by atoms with Crippen LogP contribution in [-0.2, 0) is 18.9 Å². The van der Waals surface area contributed by atoms with Gasteiger partial charge >= 0.3 is 12.2 Å². The third kappa shape index (κ3) is 9.03. The van der Waals surface area contributed by atoms with Crippen molar-refractivity contribution in [2.75, 3.05) is 52.5 Å². The summed E-state index contributed by atoms with van der Waals surface area (Å²) < 4.78 is 20.0. The lowest BCUT2D eigenvalue weighted by atomic mass is 10.2.